The van der Waals surface area contributed by atoms with Gasteiger partial charge in [0.1, 0.15) is 0 Å². The van der Waals surface area contributed by atoms with Crippen LogP contribution in [0.5, 0.6) is 0 Å². The smallest absolute Gasteiger partial charge is 0.0448 e. The topological polar surface area (TPSA) is 0 Å². The Morgan fingerprint density at radius 1 is 1.16 bits per heavy atom. The zero-order valence-corrected chi connectivity index (χ0v) is 12.2. The van der Waals surface area contributed by atoms with E-state index in [9.17, 15) is 0 Å². The van der Waals surface area contributed by atoms with Crippen molar-refractivity contribution in [1.82, 2.24) is 0 Å². The number of halogens is 1. The number of aryl methyl sites for hydroxylation is 2. The fourth-order valence-electron chi connectivity index (χ4n) is 2.99. The van der Waals surface area contributed by atoms with Crippen LogP contribution in [0.4, 0.5) is 0 Å². The molecule has 2 aromatic carbocycles. The molecule has 0 bridgehead atoms. The van der Waals surface area contributed by atoms with Crippen molar-refractivity contribution < 1.29 is 0 Å². The standard InChI is InChI=1S/C18H19Cl/c1-12-7-8-13(2)15(9-12)11-18(19)17-10-14-5-3-4-6-16(14)17/h3-9,17-18H,10-11H2,1-2H3. The van der Waals surface area contributed by atoms with Crippen molar-refractivity contribution in [2.45, 2.75) is 38.0 Å². The van der Waals surface area contributed by atoms with Crippen molar-refractivity contribution >= 4 is 11.6 Å². The van der Waals surface area contributed by atoms with Crippen LogP contribution in [0.3, 0.4) is 0 Å². The summed E-state index contributed by atoms with van der Waals surface area (Å²) in [7, 11) is 0. The van der Waals surface area contributed by atoms with E-state index < -0.39 is 0 Å². The monoisotopic (exact) mass is 270 g/mol. The Hall–Kier alpha value is -1.27. The molecule has 0 N–H and O–H groups in total. The second kappa shape index (κ2) is 5.02. The molecule has 0 radical (unpaired) electrons. The third-order valence-corrected chi connectivity index (χ3v) is 4.71. The van der Waals surface area contributed by atoms with Gasteiger partial charge < -0.3 is 0 Å². The van der Waals surface area contributed by atoms with Crippen LogP contribution >= 0.6 is 11.6 Å². The van der Waals surface area contributed by atoms with Crippen molar-refractivity contribution in [2.75, 3.05) is 0 Å². The van der Waals surface area contributed by atoms with E-state index in [0.29, 0.717) is 5.92 Å². The summed E-state index contributed by atoms with van der Waals surface area (Å²) in [4.78, 5) is 0. The van der Waals surface area contributed by atoms with E-state index in [2.05, 4.69) is 56.3 Å². The lowest BCUT2D eigenvalue weighted by molar-refractivity contribution is 0.567. The van der Waals surface area contributed by atoms with E-state index in [1.807, 2.05) is 0 Å². The molecule has 0 saturated carbocycles. The van der Waals surface area contributed by atoms with E-state index in [-0.39, 0.29) is 5.38 Å². The van der Waals surface area contributed by atoms with Crippen molar-refractivity contribution in [3.05, 3.63) is 70.3 Å². The molecule has 0 heterocycles. The van der Waals surface area contributed by atoms with Gasteiger partial charge in [0.05, 0.1) is 0 Å². The molecule has 2 aromatic rings. The van der Waals surface area contributed by atoms with Crippen molar-refractivity contribution in [2.24, 2.45) is 0 Å². The quantitative estimate of drug-likeness (QED) is 0.703. The molecule has 0 amide bonds. The zero-order chi connectivity index (χ0) is 13.4. The minimum Gasteiger partial charge on any atom is -0.122 e. The Labute approximate surface area is 120 Å². The van der Waals surface area contributed by atoms with Gasteiger partial charge in [0, 0.05) is 11.3 Å². The summed E-state index contributed by atoms with van der Waals surface area (Å²) >= 11 is 6.67. The fourth-order valence-corrected chi connectivity index (χ4v) is 3.38. The van der Waals surface area contributed by atoms with Gasteiger partial charge in [-0.2, -0.15) is 0 Å². The third-order valence-electron chi connectivity index (χ3n) is 4.25. The van der Waals surface area contributed by atoms with Crippen molar-refractivity contribution in [1.29, 1.82) is 0 Å². The third kappa shape index (κ3) is 2.42. The van der Waals surface area contributed by atoms with Crippen LogP contribution in [0, 0.1) is 13.8 Å². The van der Waals surface area contributed by atoms with Gasteiger partial charge in [-0.1, -0.05) is 48.0 Å². The predicted octanol–water partition coefficient (Wildman–Crippen LogP) is 4.79. The Morgan fingerprint density at radius 3 is 2.74 bits per heavy atom. The number of alkyl halides is 1. The summed E-state index contributed by atoms with van der Waals surface area (Å²) < 4.78 is 0. The second-order valence-electron chi connectivity index (χ2n) is 5.66. The molecule has 0 nitrogen and oxygen atoms in total. The van der Waals surface area contributed by atoms with Crippen LogP contribution in [0.25, 0.3) is 0 Å². The van der Waals surface area contributed by atoms with Crippen molar-refractivity contribution in [3.63, 3.8) is 0 Å². The molecule has 0 aromatic heterocycles. The Bertz CT molecular complexity index is 600. The predicted molar refractivity (Wildman–Crippen MR) is 82.1 cm³/mol. The molecule has 0 saturated heterocycles. The number of hydrogen-bond donors (Lipinski definition) is 0. The van der Waals surface area contributed by atoms with Crippen molar-refractivity contribution in [3.8, 4) is 0 Å². The highest BCUT2D eigenvalue weighted by Gasteiger charge is 2.31. The van der Waals surface area contributed by atoms with Crippen LogP contribution < -0.4 is 0 Å². The number of fused-ring (bicyclic) bond motifs is 1. The maximum atomic E-state index is 6.67. The summed E-state index contributed by atoms with van der Waals surface area (Å²) in [5.41, 5.74) is 6.98. The highest BCUT2D eigenvalue weighted by Crippen LogP contribution is 2.40. The molecule has 1 aliphatic carbocycles. The lowest BCUT2D eigenvalue weighted by Gasteiger charge is -2.34. The number of benzene rings is 2. The van der Waals surface area contributed by atoms with E-state index in [1.165, 1.54) is 27.8 Å². The molecule has 2 atom stereocenters. The maximum Gasteiger partial charge on any atom is 0.0448 e. The lowest BCUT2D eigenvalue weighted by atomic mass is 9.74. The largest absolute Gasteiger partial charge is 0.122 e. The van der Waals surface area contributed by atoms with Gasteiger partial charge >= 0.3 is 0 Å². The number of rotatable bonds is 3. The molecule has 3 rings (SSSR count). The van der Waals surface area contributed by atoms with Crippen LogP contribution in [0.15, 0.2) is 42.5 Å². The normalized spacial score (nSPS) is 18.6. The van der Waals surface area contributed by atoms with Crippen LogP contribution in [-0.4, -0.2) is 5.38 Å². The lowest BCUT2D eigenvalue weighted by Crippen LogP contribution is -2.27. The van der Waals surface area contributed by atoms with Gasteiger partial charge in [-0.3, -0.25) is 0 Å². The van der Waals surface area contributed by atoms with Gasteiger partial charge in [-0.25, -0.2) is 0 Å². The first-order valence-electron chi connectivity index (χ1n) is 6.93. The molecule has 19 heavy (non-hydrogen) atoms. The SMILES string of the molecule is Cc1ccc(C)c(CC(Cl)C2Cc3ccccc32)c1. The summed E-state index contributed by atoms with van der Waals surface area (Å²) in [6, 6.07) is 15.3. The summed E-state index contributed by atoms with van der Waals surface area (Å²) in [6.45, 7) is 4.32. The first kappa shape index (κ1) is 12.7. The molecule has 1 heteroatoms. The summed E-state index contributed by atoms with van der Waals surface area (Å²) in [5.74, 6) is 0.526. The van der Waals surface area contributed by atoms with E-state index in [1.54, 1.807) is 0 Å². The first-order chi connectivity index (χ1) is 9.15. The van der Waals surface area contributed by atoms with Crippen LogP contribution in [0.1, 0.15) is 33.7 Å². The van der Waals surface area contributed by atoms with E-state index in [0.717, 1.165) is 12.8 Å². The summed E-state index contributed by atoms with van der Waals surface area (Å²) in [6.07, 6.45) is 2.10. The Balaban J connectivity index is 1.76. The van der Waals surface area contributed by atoms with Gasteiger partial charge in [0.2, 0.25) is 0 Å². The molecule has 0 aliphatic heterocycles. The molecule has 0 fully saturated rings. The van der Waals surface area contributed by atoms with Gasteiger partial charge in [0.15, 0.2) is 0 Å². The van der Waals surface area contributed by atoms with E-state index >= 15 is 0 Å². The molecular formula is C18H19Cl. The van der Waals surface area contributed by atoms with Gasteiger partial charge in [-0.15, -0.1) is 11.6 Å². The first-order valence-corrected chi connectivity index (χ1v) is 7.37. The van der Waals surface area contributed by atoms with Crippen LogP contribution in [0.2, 0.25) is 0 Å². The molecule has 98 valence electrons. The second-order valence-corrected chi connectivity index (χ2v) is 6.22. The zero-order valence-electron chi connectivity index (χ0n) is 11.5. The Morgan fingerprint density at radius 2 is 1.95 bits per heavy atom. The molecule has 1 aliphatic rings. The minimum atomic E-state index is 0.204. The van der Waals surface area contributed by atoms with E-state index in [4.69, 9.17) is 11.6 Å². The average molecular weight is 271 g/mol. The average Bonchev–Trinajstić information content (AvgIpc) is 2.35. The highest BCUT2D eigenvalue weighted by atomic mass is 35.5. The number of hydrogen-bond acceptors (Lipinski definition) is 0. The fraction of sp³-hybridized carbons (Fsp3) is 0.333. The maximum absolute atomic E-state index is 6.67. The molecule has 2 unspecified atom stereocenters. The molecule has 0 spiro atoms. The van der Waals surface area contributed by atoms with Gasteiger partial charge in [-0.05, 0) is 48.9 Å². The van der Waals surface area contributed by atoms with Crippen LogP contribution in [-0.2, 0) is 12.8 Å². The highest BCUT2D eigenvalue weighted by molar-refractivity contribution is 6.21. The van der Waals surface area contributed by atoms with Gasteiger partial charge in [0.25, 0.3) is 0 Å². The Kier molecular flexibility index (Phi) is 3.36. The minimum absolute atomic E-state index is 0.204. The summed E-state index contributed by atoms with van der Waals surface area (Å²) in [5, 5.41) is 0.204. The molecular weight excluding hydrogens is 252 g/mol.